The number of carbonyl (C=O) groups is 1. The van der Waals surface area contributed by atoms with Crippen LogP contribution in [0.4, 0.5) is 0 Å². The van der Waals surface area contributed by atoms with Crippen LogP contribution in [0.5, 0.6) is 0 Å². The molecule has 4 aliphatic rings. The van der Waals surface area contributed by atoms with Crippen molar-refractivity contribution in [3.63, 3.8) is 0 Å². The van der Waals surface area contributed by atoms with Gasteiger partial charge in [-0.1, -0.05) is 6.92 Å². The molecule has 1 aromatic heterocycles. The van der Waals surface area contributed by atoms with Crippen LogP contribution < -0.4 is 0 Å². The third-order valence-electron chi connectivity index (χ3n) is 8.81. The number of fused-ring (bicyclic) bond motifs is 5. The first-order valence-electron chi connectivity index (χ1n) is 11.1. The molecule has 28 heavy (non-hydrogen) atoms. The summed E-state index contributed by atoms with van der Waals surface area (Å²) in [6, 6.07) is 3.73. The Balaban J connectivity index is 1.41. The van der Waals surface area contributed by atoms with E-state index < -0.39 is 6.10 Å². The van der Waals surface area contributed by atoms with Gasteiger partial charge >= 0.3 is 0 Å². The van der Waals surface area contributed by atoms with Crippen LogP contribution in [-0.4, -0.2) is 28.2 Å². The number of ketones is 1. The summed E-state index contributed by atoms with van der Waals surface area (Å²) < 4.78 is 5.41. The van der Waals surface area contributed by atoms with Crippen molar-refractivity contribution in [3.8, 4) is 0 Å². The summed E-state index contributed by atoms with van der Waals surface area (Å²) in [6.07, 6.45) is 10.4. The molecule has 4 nitrogen and oxygen atoms in total. The zero-order valence-electron chi connectivity index (χ0n) is 16.7. The third kappa shape index (κ3) is 2.83. The lowest BCUT2D eigenvalue weighted by Gasteiger charge is -2.61. The van der Waals surface area contributed by atoms with Crippen LogP contribution in [0.3, 0.4) is 0 Å². The Bertz CT molecular complexity index is 766. The highest BCUT2D eigenvalue weighted by molar-refractivity contribution is 6.01. The molecule has 0 radical (unpaired) electrons. The van der Waals surface area contributed by atoms with Crippen molar-refractivity contribution in [2.75, 3.05) is 0 Å². The third-order valence-corrected chi connectivity index (χ3v) is 8.81. The molecule has 1 aromatic rings. The highest BCUT2D eigenvalue weighted by Gasteiger charge is 2.59. The number of aliphatic hydroxyl groups is 2. The van der Waals surface area contributed by atoms with Crippen LogP contribution >= 0.6 is 0 Å². The van der Waals surface area contributed by atoms with Gasteiger partial charge in [-0.25, -0.2) is 0 Å². The second kappa shape index (κ2) is 6.84. The molecule has 4 heteroatoms. The average Bonchev–Trinajstić information content (AvgIpc) is 3.18. The van der Waals surface area contributed by atoms with Crippen LogP contribution in [0.1, 0.15) is 64.1 Å². The van der Waals surface area contributed by atoms with Gasteiger partial charge in [0.25, 0.3) is 0 Å². The Kier molecular flexibility index (Phi) is 4.55. The summed E-state index contributed by atoms with van der Waals surface area (Å²) in [6.45, 7) is 2.36. The topological polar surface area (TPSA) is 70.7 Å². The Labute approximate surface area is 167 Å². The van der Waals surface area contributed by atoms with E-state index in [4.69, 9.17) is 4.42 Å². The molecule has 0 bridgehead atoms. The van der Waals surface area contributed by atoms with E-state index in [1.165, 1.54) is 0 Å². The molecule has 2 N–H and O–H groups in total. The number of Topliss-reactive ketones (excluding diaryl/α,β-unsaturated/α-hetero) is 1. The van der Waals surface area contributed by atoms with Gasteiger partial charge in [-0.3, -0.25) is 4.79 Å². The van der Waals surface area contributed by atoms with Gasteiger partial charge < -0.3 is 14.6 Å². The number of hydrogen-bond donors (Lipinski definition) is 2. The normalized spacial score (nSPS) is 47.3. The van der Waals surface area contributed by atoms with Gasteiger partial charge in [0.05, 0.1) is 18.5 Å². The minimum absolute atomic E-state index is 0.0412. The Morgan fingerprint density at radius 3 is 2.79 bits per heavy atom. The fraction of sp³-hybridized carbons (Fsp3) is 0.708. The van der Waals surface area contributed by atoms with Crippen LogP contribution in [-0.2, 0) is 4.79 Å². The maximum Gasteiger partial charge on any atom is 0.162 e. The highest BCUT2D eigenvalue weighted by atomic mass is 16.3. The number of furan rings is 1. The van der Waals surface area contributed by atoms with Crippen LogP contribution in [0.15, 0.2) is 28.4 Å². The van der Waals surface area contributed by atoms with Crippen molar-refractivity contribution >= 4 is 11.9 Å². The largest absolute Gasteiger partial charge is 0.465 e. The monoisotopic (exact) mass is 384 g/mol. The molecule has 0 aliphatic heterocycles. The molecule has 8 atom stereocenters. The molecule has 152 valence electrons. The molecule has 1 heterocycles. The van der Waals surface area contributed by atoms with Gasteiger partial charge in [-0.15, -0.1) is 0 Å². The summed E-state index contributed by atoms with van der Waals surface area (Å²) >= 11 is 0. The molecule has 5 rings (SSSR count). The maximum atomic E-state index is 13.3. The second-order valence-corrected chi connectivity index (χ2v) is 10.1. The molecule has 0 unspecified atom stereocenters. The lowest BCUT2D eigenvalue weighted by atomic mass is 9.45. The summed E-state index contributed by atoms with van der Waals surface area (Å²) in [5.41, 5.74) is 0.974. The van der Waals surface area contributed by atoms with Crippen molar-refractivity contribution in [2.45, 2.75) is 70.5 Å². The van der Waals surface area contributed by atoms with Gasteiger partial charge in [0.15, 0.2) is 5.78 Å². The number of rotatable bonds is 1. The van der Waals surface area contributed by atoms with Gasteiger partial charge in [-0.05, 0) is 104 Å². The molecule has 0 amide bonds. The number of hydrogen-bond acceptors (Lipinski definition) is 4. The number of allylic oxidation sites excluding steroid dienone is 1. The number of carbonyl (C=O) groups excluding carboxylic acids is 1. The average molecular weight is 385 g/mol. The first-order valence-corrected chi connectivity index (χ1v) is 11.1. The Hall–Kier alpha value is -1.39. The quantitative estimate of drug-likeness (QED) is 0.712. The molecule has 0 aromatic carbocycles. The fourth-order valence-corrected chi connectivity index (χ4v) is 7.52. The lowest BCUT2D eigenvalue weighted by molar-refractivity contribution is -0.168. The van der Waals surface area contributed by atoms with E-state index in [1.54, 1.807) is 6.26 Å². The predicted octanol–water partition coefficient (Wildman–Crippen LogP) is 4.22. The summed E-state index contributed by atoms with van der Waals surface area (Å²) in [5.74, 6) is 2.57. The molecule has 4 saturated carbocycles. The second-order valence-electron chi connectivity index (χ2n) is 10.1. The van der Waals surface area contributed by atoms with E-state index in [9.17, 15) is 15.0 Å². The van der Waals surface area contributed by atoms with E-state index in [0.717, 1.165) is 56.3 Å². The molecule has 4 aliphatic carbocycles. The summed E-state index contributed by atoms with van der Waals surface area (Å²) in [4.78, 5) is 13.3. The van der Waals surface area contributed by atoms with Crippen molar-refractivity contribution < 1.29 is 19.4 Å². The Morgan fingerprint density at radius 2 is 2.00 bits per heavy atom. The van der Waals surface area contributed by atoms with Gasteiger partial charge in [0.2, 0.25) is 0 Å². The zero-order chi connectivity index (χ0) is 19.5. The van der Waals surface area contributed by atoms with Crippen LogP contribution in [0.25, 0.3) is 6.08 Å². The predicted molar refractivity (Wildman–Crippen MR) is 106 cm³/mol. The molecule has 4 fully saturated rings. The van der Waals surface area contributed by atoms with Crippen molar-refractivity contribution in [3.05, 3.63) is 29.7 Å². The molecule has 0 saturated heterocycles. The van der Waals surface area contributed by atoms with E-state index in [2.05, 4.69) is 6.92 Å². The summed E-state index contributed by atoms with van der Waals surface area (Å²) in [7, 11) is 0. The molecular formula is C24H32O4. The smallest absolute Gasteiger partial charge is 0.162 e. The molecular weight excluding hydrogens is 352 g/mol. The van der Waals surface area contributed by atoms with E-state index in [-0.39, 0.29) is 29.1 Å². The van der Waals surface area contributed by atoms with Gasteiger partial charge in [0.1, 0.15) is 5.76 Å². The highest BCUT2D eigenvalue weighted by Crippen LogP contribution is 2.62. The lowest BCUT2D eigenvalue weighted by Crippen LogP contribution is -2.58. The summed E-state index contributed by atoms with van der Waals surface area (Å²) in [5, 5.41) is 21.4. The minimum atomic E-state index is -0.402. The minimum Gasteiger partial charge on any atom is -0.465 e. The molecule has 0 spiro atoms. The van der Waals surface area contributed by atoms with Crippen molar-refractivity contribution in [2.24, 2.45) is 35.0 Å². The standard InChI is InChI=1S/C24H32O4/c1-24-9-8-16(25)12-15(24)5-7-19-18-6-4-14(11-17-3-2-10-28-17)23(27)20(18)13-21(26)22(19)24/h2-3,10-11,15-16,18-22,25-26H,4-9,12-13H2,1H3/b14-11+/t15-,16-,18-,19+,20+,21-,22-,24-/m0/s1. The van der Waals surface area contributed by atoms with E-state index >= 15 is 0 Å². The van der Waals surface area contributed by atoms with E-state index in [0.29, 0.717) is 24.2 Å². The van der Waals surface area contributed by atoms with Crippen molar-refractivity contribution in [1.29, 1.82) is 0 Å². The Morgan fingerprint density at radius 1 is 1.14 bits per heavy atom. The van der Waals surface area contributed by atoms with Crippen LogP contribution in [0, 0.1) is 35.0 Å². The van der Waals surface area contributed by atoms with Gasteiger partial charge in [-0.2, -0.15) is 0 Å². The first kappa shape index (κ1) is 18.6. The maximum absolute atomic E-state index is 13.3. The van der Waals surface area contributed by atoms with Crippen LogP contribution in [0.2, 0.25) is 0 Å². The fourth-order valence-electron chi connectivity index (χ4n) is 7.52. The van der Waals surface area contributed by atoms with Crippen molar-refractivity contribution in [1.82, 2.24) is 0 Å². The number of aliphatic hydroxyl groups excluding tert-OH is 2. The zero-order valence-corrected chi connectivity index (χ0v) is 16.7. The van der Waals surface area contributed by atoms with Gasteiger partial charge in [0, 0.05) is 5.92 Å². The van der Waals surface area contributed by atoms with E-state index in [1.807, 2.05) is 18.2 Å². The SMILES string of the molecule is C[C@]12CC[C@H](O)C[C@@H]1CC[C@@H]1[C@@H]3CC/C(=C\c4ccco4)C(=O)[C@@H]3C[C@H](O)[C@H]12. The first-order chi connectivity index (χ1) is 13.5.